The summed E-state index contributed by atoms with van der Waals surface area (Å²) in [4.78, 5) is 19.1. The Morgan fingerprint density at radius 2 is 2.07 bits per heavy atom. The van der Waals surface area contributed by atoms with Gasteiger partial charge in [0, 0.05) is 57.7 Å². The van der Waals surface area contributed by atoms with Crippen molar-refractivity contribution in [1.29, 1.82) is 0 Å². The van der Waals surface area contributed by atoms with Crippen LogP contribution in [0.25, 0.3) is 0 Å². The number of halogens is 1. The molecule has 1 amide bonds. The largest absolute Gasteiger partial charge is 0.494 e. The molecule has 0 bridgehead atoms. The van der Waals surface area contributed by atoms with Crippen LogP contribution in [-0.2, 0) is 4.74 Å². The monoisotopic (exact) mass is 391 g/mol. The van der Waals surface area contributed by atoms with E-state index in [1.807, 2.05) is 47.5 Å². The molecule has 1 fully saturated rings. The highest BCUT2D eigenvalue weighted by Gasteiger charge is 2.28. The Hall–Kier alpha value is -2.15. The summed E-state index contributed by atoms with van der Waals surface area (Å²) in [6.07, 6.45) is 4.41. The molecule has 1 aromatic heterocycles. The van der Waals surface area contributed by atoms with Gasteiger partial charge in [-0.2, -0.15) is 0 Å². The Labute approximate surface area is 166 Å². The van der Waals surface area contributed by atoms with Gasteiger partial charge in [0.25, 0.3) is 5.91 Å². The SMILES string of the molecule is COCCCOc1ccc(C(=O)N2CCNCC2c2cccnc2)cc1.Cl. The lowest BCUT2D eigenvalue weighted by Gasteiger charge is -2.36. The van der Waals surface area contributed by atoms with Crippen molar-refractivity contribution in [1.82, 2.24) is 15.2 Å². The van der Waals surface area contributed by atoms with Gasteiger partial charge in [-0.3, -0.25) is 9.78 Å². The molecule has 6 nitrogen and oxygen atoms in total. The van der Waals surface area contributed by atoms with Gasteiger partial charge in [-0.15, -0.1) is 12.4 Å². The van der Waals surface area contributed by atoms with Crippen LogP contribution in [0.3, 0.4) is 0 Å². The highest BCUT2D eigenvalue weighted by atomic mass is 35.5. The summed E-state index contributed by atoms with van der Waals surface area (Å²) >= 11 is 0. The zero-order chi connectivity index (χ0) is 18.2. The van der Waals surface area contributed by atoms with Crippen molar-refractivity contribution in [2.24, 2.45) is 0 Å². The minimum absolute atomic E-state index is 0. The van der Waals surface area contributed by atoms with Crippen molar-refractivity contribution >= 4 is 18.3 Å². The molecule has 1 atom stereocenters. The van der Waals surface area contributed by atoms with E-state index in [9.17, 15) is 4.79 Å². The van der Waals surface area contributed by atoms with Crippen LogP contribution in [0.2, 0.25) is 0 Å². The predicted molar refractivity (Wildman–Crippen MR) is 107 cm³/mol. The number of hydrogen-bond donors (Lipinski definition) is 1. The fourth-order valence-corrected chi connectivity index (χ4v) is 3.07. The number of amides is 1. The van der Waals surface area contributed by atoms with Crippen LogP contribution in [0.5, 0.6) is 5.75 Å². The zero-order valence-corrected chi connectivity index (χ0v) is 16.3. The van der Waals surface area contributed by atoms with Gasteiger partial charge in [-0.05, 0) is 35.9 Å². The van der Waals surface area contributed by atoms with Crippen LogP contribution in [0.15, 0.2) is 48.8 Å². The average molecular weight is 392 g/mol. The second-order valence-corrected chi connectivity index (χ2v) is 6.22. The second kappa shape index (κ2) is 10.9. The number of methoxy groups -OCH3 is 1. The number of carbonyl (C=O) groups is 1. The predicted octanol–water partition coefficient (Wildman–Crippen LogP) is 2.71. The van der Waals surface area contributed by atoms with Crippen molar-refractivity contribution in [3.63, 3.8) is 0 Å². The molecule has 0 radical (unpaired) electrons. The van der Waals surface area contributed by atoms with E-state index in [0.717, 1.165) is 30.8 Å². The van der Waals surface area contributed by atoms with Gasteiger partial charge in [0.1, 0.15) is 5.75 Å². The highest BCUT2D eigenvalue weighted by molar-refractivity contribution is 5.94. The number of rotatable bonds is 7. The Bertz CT molecular complexity index is 697. The number of piperazine rings is 1. The summed E-state index contributed by atoms with van der Waals surface area (Å²) in [7, 11) is 1.68. The number of hydrogen-bond acceptors (Lipinski definition) is 5. The second-order valence-electron chi connectivity index (χ2n) is 6.22. The summed E-state index contributed by atoms with van der Waals surface area (Å²) in [5.74, 6) is 0.799. The van der Waals surface area contributed by atoms with Crippen LogP contribution in [0.4, 0.5) is 0 Å². The number of pyridine rings is 1. The molecule has 1 N–H and O–H groups in total. The first kappa shape index (κ1) is 21.2. The summed E-state index contributed by atoms with van der Waals surface area (Å²) in [6, 6.07) is 11.3. The molecule has 2 heterocycles. The number of nitrogens with one attached hydrogen (secondary N) is 1. The zero-order valence-electron chi connectivity index (χ0n) is 15.5. The van der Waals surface area contributed by atoms with Crippen LogP contribution < -0.4 is 10.1 Å². The van der Waals surface area contributed by atoms with Gasteiger partial charge in [-0.25, -0.2) is 0 Å². The molecule has 146 valence electrons. The molecule has 1 saturated heterocycles. The van der Waals surface area contributed by atoms with Crippen LogP contribution in [0.1, 0.15) is 28.4 Å². The number of benzene rings is 1. The minimum atomic E-state index is -0.00470. The summed E-state index contributed by atoms with van der Waals surface area (Å²) < 4.78 is 10.7. The number of aromatic nitrogens is 1. The van der Waals surface area contributed by atoms with Gasteiger partial charge in [-0.1, -0.05) is 6.07 Å². The molecule has 0 saturated carbocycles. The third-order valence-corrected chi connectivity index (χ3v) is 4.44. The van der Waals surface area contributed by atoms with E-state index in [2.05, 4.69) is 10.3 Å². The third-order valence-electron chi connectivity index (χ3n) is 4.44. The van der Waals surface area contributed by atoms with E-state index in [1.54, 1.807) is 13.3 Å². The first-order valence-corrected chi connectivity index (χ1v) is 8.93. The molecule has 1 aliphatic rings. The molecule has 0 spiro atoms. The molecule has 1 unspecified atom stereocenters. The van der Waals surface area contributed by atoms with Crippen molar-refractivity contribution < 1.29 is 14.3 Å². The van der Waals surface area contributed by atoms with E-state index in [-0.39, 0.29) is 24.4 Å². The number of carbonyl (C=O) groups excluding carboxylic acids is 1. The molecular formula is C20H26ClN3O3. The Balaban J connectivity index is 0.00000261. The van der Waals surface area contributed by atoms with Gasteiger partial charge in [0.05, 0.1) is 12.6 Å². The minimum Gasteiger partial charge on any atom is -0.494 e. The van der Waals surface area contributed by atoms with Gasteiger partial charge >= 0.3 is 0 Å². The molecule has 3 rings (SSSR count). The van der Waals surface area contributed by atoms with Crippen molar-refractivity contribution in [2.45, 2.75) is 12.5 Å². The lowest BCUT2D eigenvalue weighted by atomic mass is 10.0. The molecule has 27 heavy (non-hydrogen) atoms. The Morgan fingerprint density at radius 3 is 2.78 bits per heavy atom. The Morgan fingerprint density at radius 1 is 1.26 bits per heavy atom. The standard InChI is InChI=1S/C20H25N3O3.ClH/c1-25-12-3-13-26-18-7-5-16(6-8-18)20(24)23-11-10-22-15-19(23)17-4-2-9-21-14-17;/h2,4-9,14,19,22H,3,10-13,15H2,1H3;1H. The first-order valence-electron chi connectivity index (χ1n) is 8.93. The Kier molecular flexibility index (Phi) is 8.51. The topological polar surface area (TPSA) is 63.7 Å². The lowest BCUT2D eigenvalue weighted by molar-refractivity contribution is 0.0634. The molecule has 1 aromatic carbocycles. The normalized spacial score (nSPS) is 16.5. The molecular weight excluding hydrogens is 366 g/mol. The van der Waals surface area contributed by atoms with E-state index in [0.29, 0.717) is 25.3 Å². The maximum atomic E-state index is 13.0. The van der Waals surface area contributed by atoms with Crippen molar-refractivity contribution in [3.05, 3.63) is 59.9 Å². The van der Waals surface area contributed by atoms with Crippen LogP contribution in [0, 0.1) is 0 Å². The van der Waals surface area contributed by atoms with Gasteiger partial charge in [0.15, 0.2) is 0 Å². The van der Waals surface area contributed by atoms with E-state index < -0.39 is 0 Å². The molecule has 2 aromatic rings. The van der Waals surface area contributed by atoms with E-state index >= 15 is 0 Å². The van der Waals surface area contributed by atoms with E-state index in [4.69, 9.17) is 9.47 Å². The van der Waals surface area contributed by atoms with Crippen LogP contribution >= 0.6 is 12.4 Å². The fraction of sp³-hybridized carbons (Fsp3) is 0.400. The average Bonchev–Trinajstić information content (AvgIpc) is 2.72. The van der Waals surface area contributed by atoms with Crippen molar-refractivity contribution in [3.8, 4) is 5.75 Å². The molecule has 7 heteroatoms. The van der Waals surface area contributed by atoms with Crippen molar-refractivity contribution in [2.75, 3.05) is 40.0 Å². The summed E-state index contributed by atoms with van der Waals surface area (Å²) in [6.45, 7) is 3.48. The summed E-state index contributed by atoms with van der Waals surface area (Å²) in [5, 5.41) is 3.36. The molecule has 1 aliphatic heterocycles. The smallest absolute Gasteiger partial charge is 0.254 e. The highest BCUT2D eigenvalue weighted by Crippen LogP contribution is 2.24. The lowest BCUT2D eigenvalue weighted by Crippen LogP contribution is -2.48. The van der Waals surface area contributed by atoms with E-state index in [1.165, 1.54) is 0 Å². The van der Waals surface area contributed by atoms with Gasteiger partial charge in [0.2, 0.25) is 0 Å². The third kappa shape index (κ3) is 5.66. The number of ether oxygens (including phenoxy) is 2. The fourth-order valence-electron chi connectivity index (χ4n) is 3.07. The number of nitrogens with zero attached hydrogens (tertiary/aromatic N) is 2. The quantitative estimate of drug-likeness (QED) is 0.735. The maximum absolute atomic E-state index is 13.0. The molecule has 0 aliphatic carbocycles. The van der Waals surface area contributed by atoms with Gasteiger partial charge < -0.3 is 19.7 Å². The summed E-state index contributed by atoms with van der Waals surface area (Å²) in [5.41, 5.74) is 1.72. The maximum Gasteiger partial charge on any atom is 0.254 e. The first-order chi connectivity index (χ1) is 12.8. The van der Waals surface area contributed by atoms with Crippen LogP contribution in [-0.4, -0.2) is 55.7 Å².